The first-order valence-corrected chi connectivity index (χ1v) is 6.52. The number of fused-ring (bicyclic) bond motifs is 1. The van der Waals surface area contributed by atoms with E-state index in [-0.39, 0.29) is 0 Å². The fourth-order valence-corrected chi connectivity index (χ4v) is 2.07. The van der Waals surface area contributed by atoms with Gasteiger partial charge in [-0.1, -0.05) is 29.8 Å². The predicted octanol–water partition coefficient (Wildman–Crippen LogP) is 4.77. The third-order valence-electron chi connectivity index (χ3n) is 2.99. The molecular weight excluding hydrogens is 256 g/mol. The number of nitrogens with zero attached hydrogens (tertiary/aromatic N) is 1. The Hall–Kier alpha value is -1.80. The summed E-state index contributed by atoms with van der Waals surface area (Å²) in [6.07, 6.45) is 3.66. The summed E-state index contributed by atoms with van der Waals surface area (Å²) in [4.78, 5) is 4.63. The lowest BCUT2D eigenvalue weighted by Crippen LogP contribution is -2.01. The van der Waals surface area contributed by atoms with Crippen LogP contribution in [0, 0.1) is 6.92 Å². The van der Waals surface area contributed by atoms with Crippen molar-refractivity contribution in [2.45, 2.75) is 20.8 Å². The Morgan fingerprint density at radius 1 is 1.32 bits per heavy atom. The van der Waals surface area contributed by atoms with Gasteiger partial charge in [0.15, 0.2) is 0 Å². The Kier molecular flexibility index (Phi) is 3.91. The zero-order valence-electron chi connectivity index (χ0n) is 11.4. The minimum atomic E-state index is 0.496. The van der Waals surface area contributed by atoms with Gasteiger partial charge in [0, 0.05) is 22.0 Å². The number of halogens is 1. The van der Waals surface area contributed by atoms with Crippen molar-refractivity contribution >= 4 is 23.0 Å². The van der Waals surface area contributed by atoms with Gasteiger partial charge < -0.3 is 5.32 Å². The predicted molar refractivity (Wildman–Crippen MR) is 83.8 cm³/mol. The van der Waals surface area contributed by atoms with Gasteiger partial charge in [0.2, 0.25) is 0 Å². The Balaban J connectivity index is 2.48. The number of aryl methyl sites for hydroxylation is 1. The zero-order valence-corrected chi connectivity index (χ0v) is 12.2. The maximum absolute atomic E-state index is 5.77. The fraction of sp³-hybridized carbons (Fsp3) is 0.188. The lowest BCUT2D eigenvalue weighted by atomic mass is 10.1. The number of allylic oxidation sites excluding steroid dienone is 4. The van der Waals surface area contributed by atoms with E-state index in [2.05, 4.69) is 42.0 Å². The van der Waals surface area contributed by atoms with Crippen LogP contribution in [0.25, 0.3) is 0 Å². The first-order valence-electron chi connectivity index (χ1n) is 6.14. The zero-order chi connectivity index (χ0) is 14.0. The van der Waals surface area contributed by atoms with Crippen molar-refractivity contribution in [3.63, 3.8) is 0 Å². The third kappa shape index (κ3) is 3.15. The van der Waals surface area contributed by atoms with Crippen molar-refractivity contribution in [3.05, 3.63) is 64.5 Å². The van der Waals surface area contributed by atoms with Gasteiger partial charge in [-0.2, -0.15) is 0 Å². The van der Waals surface area contributed by atoms with E-state index in [0.717, 1.165) is 28.4 Å². The Morgan fingerprint density at radius 2 is 2.05 bits per heavy atom. The van der Waals surface area contributed by atoms with Crippen molar-refractivity contribution in [1.82, 2.24) is 0 Å². The van der Waals surface area contributed by atoms with Gasteiger partial charge in [-0.3, -0.25) is 4.99 Å². The molecule has 0 spiro atoms. The van der Waals surface area contributed by atoms with Gasteiger partial charge in [-0.25, -0.2) is 0 Å². The summed E-state index contributed by atoms with van der Waals surface area (Å²) in [6.45, 7) is 9.73. The van der Waals surface area contributed by atoms with E-state index in [1.807, 2.05) is 19.9 Å². The summed E-state index contributed by atoms with van der Waals surface area (Å²) in [5.74, 6) is 0. The van der Waals surface area contributed by atoms with Gasteiger partial charge in [-0.15, -0.1) is 0 Å². The molecule has 0 saturated carbocycles. The molecule has 2 nitrogen and oxygen atoms in total. The molecule has 0 atom stereocenters. The summed E-state index contributed by atoms with van der Waals surface area (Å²) < 4.78 is 0. The molecule has 1 N–H and O–H groups in total. The number of hydrogen-bond donors (Lipinski definition) is 1. The van der Waals surface area contributed by atoms with Crippen LogP contribution >= 0.6 is 11.6 Å². The van der Waals surface area contributed by atoms with E-state index in [4.69, 9.17) is 11.6 Å². The molecule has 98 valence electrons. The Labute approximate surface area is 119 Å². The minimum absolute atomic E-state index is 0.496. The smallest absolute Gasteiger partial charge is 0.0610 e. The molecule has 1 heterocycles. The minimum Gasteiger partial charge on any atom is -0.354 e. The lowest BCUT2D eigenvalue weighted by molar-refractivity contribution is 1.24. The SMILES string of the molecule is C=C(Cl)/C=C\C1=C(C)N=C(C)c2cc(C)ccc2N1. The van der Waals surface area contributed by atoms with Crippen LogP contribution in [0.15, 0.2) is 58.3 Å². The highest BCUT2D eigenvalue weighted by Gasteiger charge is 2.12. The van der Waals surface area contributed by atoms with Crippen molar-refractivity contribution in [2.24, 2.45) is 4.99 Å². The number of hydrogen-bond acceptors (Lipinski definition) is 2. The second-order valence-corrected chi connectivity index (χ2v) is 5.14. The summed E-state index contributed by atoms with van der Waals surface area (Å²) >= 11 is 5.77. The largest absolute Gasteiger partial charge is 0.354 e. The molecule has 0 amide bonds. The second-order valence-electron chi connectivity index (χ2n) is 4.65. The van der Waals surface area contributed by atoms with Crippen LogP contribution < -0.4 is 5.32 Å². The number of aliphatic imine (C=N–C) groups is 1. The van der Waals surface area contributed by atoms with Gasteiger partial charge >= 0.3 is 0 Å². The van der Waals surface area contributed by atoms with Crippen LogP contribution in [0.2, 0.25) is 0 Å². The van der Waals surface area contributed by atoms with Gasteiger partial charge in [0.05, 0.1) is 11.4 Å². The number of anilines is 1. The van der Waals surface area contributed by atoms with Crippen molar-refractivity contribution in [2.75, 3.05) is 5.32 Å². The maximum atomic E-state index is 5.77. The van der Waals surface area contributed by atoms with Crippen molar-refractivity contribution in [3.8, 4) is 0 Å². The number of benzene rings is 1. The molecule has 1 aromatic rings. The number of nitrogens with one attached hydrogen (secondary N) is 1. The summed E-state index contributed by atoms with van der Waals surface area (Å²) in [5.41, 5.74) is 6.29. The molecule has 0 unspecified atom stereocenters. The third-order valence-corrected chi connectivity index (χ3v) is 3.12. The second kappa shape index (κ2) is 5.45. The lowest BCUT2D eigenvalue weighted by Gasteiger charge is -2.10. The summed E-state index contributed by atoms with van der Waals surface area (Å²) in [5, 5.41) is 3.90. The standard InChI is InChI=1S/C16H17ClN2/c1-10-5-7-16-14(9-10)12(3)18-13(4)15(19-16)8-6-11(2)17/h5-9,19H,2H2,1,3-4H3/b8-6-. The van der Waals surface area contributed by atoms with Gasteiger partial charge in [0.25, 0.3) is 0 Å². The van der Waals surface area contributed by atoms with E-state index in [1.54, 1.807) is 6.08 Å². The Morgan fingerprint density at radius 3 is 2.74 bits per heavy atom. The first kappa shape index (κ1) is 13.6. The molecule has 0 saturated heterocycles. The van der Waals surface area contributed by atoms with Crippen molar-refractivity contribution in [1.29, 1.82) is 0 Å². The molecular formula is C16H17ClN2. The highest BCUT2D eigenvalue weighted by molar-refractivity contribution is 6.30. The average Bonchev–Trinajstić information content (AvgIpc) is 2.45. The van der Waals surface area contributed by atoms with E-state index < -0.39 is 0 Å². The normalized spacial score (nSPS) is 14.8. The van der Waals surface area contributed by atoms with Crippen LogP contribution in [-0.2, 0) is 0 Å². The molecule has 1 aliphatic heterocycles. The summed E-state index contributed by atoms with van der Waals surface area (Å²) in [6, 6.07) is 6.30. The fourth-order valence-electron chi connectivity index (χ4n) is 2.01. The maximum Gasteiger partial charge on any atom is 0.0610 e. The van der Waals surface area contributed by atoms with E-state index in [0.29, 0.717) is 5.03 Å². The molecule has 1 aliphatic rings. The van der Waals surface area contributed by atoms with E-state index >= 15 is 0 Å². The molecule has 2 rings (SSSR count). The average molecular weight is 273 g/mol. The van der Waals surface area contributed by atoms with E-state index in [1.165, 1.54) is 5.56 Å². The molecule has 0 aromatic heterocycles. The highest BCUT2D eigenvalue weighted by atomic mass is 35.5. The monoisotopic (exact) mass is 272 g/mol. The van der Waals surface area contributed by atoms with Gasteiger partial charge in [-0.05, 0) is 45.1 Å². The molecule has 0 fully saturated rings. The molecule has 0 bridgehead atoms. The topological polar surface area (TPSA) is 24.4 Å². The van der Waals surface area contributed by atoms with Crippen LogP contribution in [-0.4, -0.2) is 5.71 Å². The highest BCUT2D eigenvalue weighted by Crippen LogP contribution is 2.25. The Bertz CT molecular complexity index is 622. The van der Waals surface area contributed by atoms with Crippen LogP contribution in [0.1, 0.15) is 25.0 Å². The molecule has 1 aromatic carbocycles. The van der Waals surface area contributed by atoms with E-state index in [9.17, 15) is 0 Å². The van der Waals surface area contributed by atoms with Gasteiger partial charge in [0.1, 0.15) is 0 Å². The van der Waals surface area contributed by atoms with Crippen LogP contribution in [0.4, 0.5) is 5.69 Å². The molecule has 3 heteroatoms. The molecule has 0 aliphatic carbocycles. The van der Waals surface area contributed by atoms with Crippen LogP contribution in [0.3, 0.4) is 0 Å². The number of rotatable bonds is 2. The van der Waals surface area contributed by atoms with Crippen molar-refractivity contribution < 1.29 is 0 Å². The first-order chi connectivity index (χ1) is 8.97. The molecule has 19 heavy (non-hydrogen) atoms. The van der Waals surface area contributed by atoms with Crippen LogP contribution in [0.5, 0.6) is 0 Å². The molecule has 0 radical (unpaired) electrons. The quantitative estimate of drug-likeness (QED) is 0.771. The summed E-state index contributed by atoms with van der Waals surface area (Å²) in [7, 11) is 0.